The number of amides is 1. The third-order valence-electron chi connectivity index (χ3n) is 1.77. The molecule has 4 heteroatoms. The van der Waals surface area contributed by atoms with Crippen molar-refractivity contribution in [3.63, 3.8) is 0 Å². The Morgan fingerprint density at radius 2 is 2.00 bits per heavy atom. The summed E-state index contributed by atoms with van der Waals surface area (Å²) in [6.07, 6.45) is 0.721. The van der Waals surface area contributed by atoms with Gasteiger partial charge in [-0.25, -0.2) is 4.39 Å². The molecular formula is C10H11BrFNO. The third-order valence-corrected chi connectivity index (χ3v) is 2.28. The van der Waals surface area contributed by atoms with Gasteiger partial charge in [-0.2, -0.15) is 0 Å². The molecule has 0 aliphatic carbocycles. The van der Waals surface area contributed by atoms with Crippen LogP contribution < -0.4 is 5.32 Å². The van der Waals surface area contributed by atoms with E-state index in [1.165, 1.54) is 12.1 Å². The van der Waals surface area contributed by atoms with E-state index in [2.05, 4.69) is 21.2 Å². The molecule has 1 aromatic carbocycles. The highest BCUT2D eigenvalue weighted by Crippen LogP contribution is 2.02. The van der Waals surface area contributed by atoms with Crippen molar-refractivity contribution in [1.82, 2.24) is 5.32 Å². The van der Waals surface area contributed by atoms with Gasteiger partial charge in [0.2, 0.25) is 5.91 Å². The van der Waals surface area contributed by atoms with Crippen molar-refractivity contribution >= 4 is 21.8 Å². The Morgan fingerprint density at radius 3 is 2.57 bits per heavy atom. The molecule has 0 saturated heterocycles. The first-order valence-electron chi connectivity index (χ1n) is 4.29. The van der Waals surface area contributed by atoms with Crippen LogP contribution in [0.2, 0.25) is 0 Å². The minimum atomic E-state index is -0.238. The molecule has 0 aromatic heterocycles. The molecule has 1 N–H and O–H groups in total. The summed E-state index contributed by atoms with van der Waals surface area (Å²) in [6, 6.07) is 6.27. The summed E-state index contributed by atoms with van der Waals surface area (Å²) < 4.78 is 12.5. The molecule has 1 aromatic rings. The molecule has 76 valence electrons. The highest BCUT2D eigenvalue weighted by molar-refractivity contribution is 9.09. The van der Waals surface area contributed by atoms with Gasteiger partial charge in [0.1, 0.15) is 5.82 Å². The zero-order valence-corrected chi connectivity index (χ0v) is 9.18. The van der Waals surface area contributed by atoms with E-state index >= 15 is 0 Å². The molecule has 0 radical (unpaired) electrons. The molecule has 0 unspecified atom stereocenters. The van der Waals surface area contributed by atoms with E-state index in [0.717, 1.165) is 12.0 Å². The summed E-state index contributed by atoms with van der Waals surface area (Å²) in [4.78, 5) is 10.8. The maximum Gasteiger partial charge on any atom is 0.230 e. The largest absolute Gasteiger partial charge is 0.355 e. The van der Waals surface area contributed by atoms with E-state index in [9.17, 15) is 9.18 Å². The normalized spacial score (nSPS) is 9.86. The summed E-state index contributed by atoms with van der Waals surface area (Å²) in [5.41, 5.74) is 1.02. The molecule has 0 fully saturated rings. The fourth-order valence-electron chi connectivity index (χ4n) is 1.04. The quantitative estimate of drug-likeness (QED) is 0.823. The van der Waals surface area contributed by atoms with Gasteiger partial charge in [-0.1, -0.05) is 28.1 Å². The van der Waals surface area contributed by atoms with Gasteiger partial charge in [-0.05, 0) is 24.1 Å². The molecule has 0 aliphatic rings. The zero-order valence-electron chi connectivity index (χ0n) is 7.59. The predicted molar refractivity (Wildman–Crippen MR) is 56.9 cm³/mol. The van der Waals surface area contributed by atoms with E-state index in [1.54, 1.807) is 12.1 Å². The van der Waals surface area contributed by atoms with Gasteiger partial charge < -0.3 is 5.32 Å². The Kier molecular flexibility index (Phi) is 4.59. The minimum Gasteiger partial charge on any atom is -0.355 e. The predicted octanol–water partition coefficient (Wildman–Crippen LogP) is 1.88. The maximum atomic E-state index is 12.5. The lowest BCUT2D eigenvalue weighted by atomic mass is 10.1. The second-order valence-electron chi connectivity index (χ2n) is 2.86. The summed E-state index contributed by atoms with van der Waals surface area (Å²) in [5, 5.41) is 3.03. The van der Waals surface area contributed by atoms with Crippen molar-refractivity contribution in [1.29, 1.82) is 0 Å². The number of carbonyl (C=O) groups excluding carboxylic acids is 1. The molecule has 1 rings (SSSR count). The van der Waals surface area contributed by atoms with E-state index < -0.39 is 0 Å². The lowest BCUT2D eigenvalue weighted by Gasteiger charge is -2.02. The highest BCUT2D eigenvalue weighted by atomic mass is 79.9. The van der Waals surface area contributed by atoms with Gasteiger partial charge in [0.05, 0.1) is 5.33 Å². The summed E-state index contributed by atoms with van der Waals surface area (Å²) >= 11 is 3.05. The van der Waals surface area contributed by atoms with Crippen LogP contribution in [0, 0.1) is 5.82 Å². The highest BCUT2D eigenvalue weighted by Gasteiger charge is 1.97. The van der Waals surface area contributed by atoms with Crippen LogP contribution in [0.4, 0.5) is 4.39 Å². The van der Waals surface area contributed by atoms with Crippen LogP contribution in [0.25, 0.3) is 0 Å². The number of nitrogens with one attached hydrogen (secondary N) is 1. The Hall–Kier alpha value is -0.900. The molecule has 14 heavy (non-hydrogen) atoms. The first-order valence-corrected chi connectivity index (χ1v) is 5.41. The van der Waals surface area contributed by atoms with Crippen molar-refractivity contribution in [3.05, 3.63) is 35.6 Å². The lowest BCUT2D eigenvalue weighted by molar-refractivity contribution is -0.118. The molecule has 0 atom stereocenters. The van der Waals surface area contributed by atoms with Crippen LogP contribution in [0.15, 0.2) is 24.3 Å². The van der Waals surface area contributed by atoms with E-state index in [1.807, 2.05) is 0 Å². The van der Waals surface area contributed by atoms with E-state index in [4.69, 9.17) is 0 Å². The zero-order chi connectivity index (χ0) is 10.4. The molecule has 2 nitrogen and oxygen atoms in total. The number of carbonyl (C=O) groups is 1. The maximum absolute atomic E-state index is 12.5. The monoisotopic (exact) mass is 259 g/mol. The van der Waals surface area contributed by atoms with E-state index in [0.29, 0.717) is 11.9 Å². The second-order valence-corrected chi connectivity index (χ2v) is 3.42. The van der Waals surface area contributed by atoms with Crippen molar-refractivity contribution < 1.29 is 9.18 Å². The molecular weight excluding hydrogens is 249 g/mol. The van der Waals surface area contributed by atoms with Crippen LogP contribution in [0.5, 0.6) is 0 Å². The van der Waals surface area contributed by atoms with Gasteiger partial charge in [0.25, 0.3) is 0 Å². The van der Waals surface area contributed by atoms with Gasteiger partial charge in [0, 0.05) is 6.54 Å². The van der Waals surface area contributed by atoms with Crippen molar-refractivity contribution in [2.45, 2.75) is 6.42 Å². The SMILES string of the molecule is O=C(CBr)NCCc1ccc(F)cc1. The topological polar surface area (TPSA) is 29.1 Å². The number of rotatable bonds is 4. The second kappa shape index (κ2) is 5.75. The smallest absolute Gasteiger partial charge is 0.230 e. The molecule has 1 amide bonds. The van der Waals surface area contributed by atoms with Crippen LogP contribution >= 0.6 is 15.9 Å². The van der Waals surface area contributed by atoms with Crippen molar-refractivity contribution in [2.24, 2.45) is 0 Å². The fourth-order valence-corrected chi connectivity index (χ4v) is 1.24. The fraction of sp³-hybridized carbons (Fsp3) is 0.300. The molecule has 0 heterocycles. The average Bonchev–Trinajstić information content (AvgIpc) is 2.21. The van der Waals surface area contributed by atoms with E-state index in [-0.39, 0.29) is 11.7 Å². The summed E-state index contributed by atoms with van der Waals surface area (Å²) in [6.45, 7) is 0.579. The van der Waals surface area contributed by atoms with Crippen LogP contribution in [0.1, 0.15) is 5.56 Å². The van der Waals surface area contributed by atoms with Crippen LogP contribution in [-0.2, 0) is 11.2 Å². The summed E-state index contributed by atoms with van der Waals surface area (Å²) in [5.74, 6) is -0.273. The Balaban J connectivity index is 2.31. The Bertz CT molecular complexity index is 299. The average molecular weight is 260 g/mol. The number of hydrogen-bond donors (Lipinski definition) is 1. The van der Waals surface area contributed by atoms with Gasteiger partial charge in [-0.3, -0.25) is 4.79 Å². The van der Waals surface area contributed by atoms with Crippen molar-refractivity contribution in [2.75, 3.05) is 11.9 Å². The van der Waals surface area contributed by atoms with Crippen molar-refractivity contribution in [3.8, 4) is 0 Å². The minimum absolute atomic E-state index is 0.0351. The van der Waals surface area contributed by atoms with Crippen LogP contribution in [-0.4, -0.2) is 17.8 Å². The molecule has 0 aliphatic heterocycles. The number of halogens is 2. The first-order chi connectivity index (χ1) is 6.72. The number of hydrogen-bond acceptors (Lipinski definition) is 1. The van der Waals surface area contributed by atoms with Crippen LogP contribution in [0.3, 0.4) is 0 Å². The third kappa shape index (κ3) is 3.87. The van der Waals surface area contributed by atoms with Gasteiger partial charge >= 0.3 is 0 Å². The standard InChI is InChI=1S/C10H11BrFNO/c11-7-10(14)13-6-5-8-1-3-9(12)4-2-8/h1-4H,5-7H2,(H,13,14). The molecule has 0 saturated carbocycles. The first kappa shape index (κ1) is 11.2. The molecule has 0 bridgehead atoms. The lowest BCUT2D eigenvalue weighted by Crippen LogP contribution is -2.26. The molecule has 0 spiro atoms. The van der Waals surface area contributed by atoms with Gasteiger partial charge in [0.15, 0.2) is 0 Å². The Labute approximate surface area is 90.6 Å². The summed E-state index contributed by atoms with van der Waals surface area (Å²) in [7, 11) is 0. The van der Waals surface area contributed by atoms with Gasteiger partial charge in [-0.15, -0.1) is 0 Å². The number of alkyl halides is 1. The number of benzene rings is 1. The Morgan fingerprint density at radius 1 is 1.36 bits per heavy atom.